The van der Waals surface area contributed by atoms with Crippen molar-refractivity contribution in [2.75, 3.05) is 4.31 Å². The maximum atomic E-state index is 13.0. The molecule has 4 rings (SSSR count). The molecule has 0 spiro atoms. The number of hydrogen-bond acceptors (Lipinski definition) is 5. The molecule has 0 fully saturated rings. The van der Waals surface area contributed by atoms with Crippen molar-refractivity contribution in [2.45, 2.75) is 24.3 Å². The van der Waals surface area contributed by atoms with Gasteiger partial charge in [0.05, 0.1) is 16.6 Å². The average Bonchev–Trinajstić information content (AvgIpc) is 2.83. The van der Waals surface area contributed by atoms with Crippen molar-refractivity contribution in [3.8, 4) is 11.8 Å². The van der Waals surface area contributed by atoms with Crippen molar-refractivity contribution in [1.82, 2.24) is 15.0 Å². The molecule has 0 amide bonds. The Labute approximate surface area is 148 Å². The van der Waals surface area contributed by atoms with Crippen LogP contribution in [0.3, 0.4) is 0 Å². The van der Waals surface area contributed by atoms with E-state index in [0.717, 1.165) is 10.5 Å². The van der Waals surface area contributed by atoms with Gasteiger partial charge >= 0.3 is 6.01 Å². The molecule has 0 saturated carbocycles. The molecule has 3 aromatic rings. The summed E-state index contributed by atoms with van der Waals surface area (Å²) in [6.07, 6.45) is 4.85. The number of fused-ring (bicyclic) bond motifs is 1. The van der Waals surface area contributed by atoms with Crippen molar-refractivity contribution in [3.63, 3.8) is 0 Å². The zero-order valence-electron chi connectivity index (χ0n) is 13.8. The third kappa shape index (κ3) is 2.66. The Bertz CT molecular complexity index is 947. The summed E-state index contributed by atoms with van der Waals surface area (Å²) in [5.41, 5.74) is 0.572. The van der Waals surface area contributed by atoms with E-state index in [4.69, 9.17) is 4.74 Å². The number of nitrogens with zero attached hydrogens (tertiary/aromatic N) is 4. The molecule has 0 aliphatic carbocycles. The van der Waals surface area contributed by atoms with Gasteiger partial charge in [-0.2, -0.15) is 4.98 Å². The summed E-state index contributed by atoms with van der Waals surface area (Å²) in [4.78, 5) is 13.4. The Morgan fingerprint density at radius 2 is 1.92 bits per heavy atom. The van der Waals surface area contributed by atoms with E-state index in [9.17, 15) is 4.21 Å². The normalized spacial score (nSPS) is 18.0. The van der Waals surface area contributed by atoms with Crippen LogP contribution in [-0.4, -0.2) is 19.2 Å². The highest BCUT2D eigenvalue weighted by atomic mass is 32.2. The SMILES string of the molecule is CC1(C)c2ccccc2S(=O)N1c1ccnc(Oc2cccnc2)n1. The minimum Gasteiger partial charge on any atom is -0.423 e. The molecule has 3 heterocycles. The summed E-state index contributed by atoms with van der Waals surface area (Å²) in [6, 6.07) is 13.2. The van der Waals surface area contributed by atoms with Gasteiger partial charge in [-0.25, -0.2) is 9.19 Å². The number of aromatic nitrogens is 3. The fourth-order valence-corrected chi connectivity index (χ4v) is 4.60. The van der Waals surface area contributed by atoms with Crippen LogP contribution in [0, 0.1) is 0 Å². The highest BCUT2D eigenvalue weighted by Crippen LogP contribution is 2.43. The largest absolute Gasteiger partial charge is 0.423 e. The first-order valence-electron chi connectivity index (χ1n) is 7.80. The van der Waals surface area contributed by atoms with Gasteiger partial charge in [-0.1, -0.05) is 18.2 Å². The second-order valence-corrected chi connectivity index (χ2v) is 7.39. The van der Waals surface area contributed by atoms with E-state index in [2.05, 4.69) is 15.0 Å². The van der Waals surface area contributed by atoms with E-state index in [0.29, 0.717) is 11.6 Å². The van der Waals surface area contributed by atoms with Crippen LogP contribution < -0.4 is 9.04 Å². The van der Waals surface area contributed by atoms with E-state index in [1.807, 2.05) is 38.1 Å². The van der Waals surface area contributed by atoms with Crippen LogP contribution in [0.15, 0.2) is 66.0 Å². The lowest BCUT2D eigenvalue weighted by Gasteiger charge is -2.31. The average molecular weight is 352 g/mol. The Morgan fingerprint density at radius 3 is 2.68 bits per heavy atom. The van der Waals surface area contributed by atoms with E-state index in [-0.39, 0.29) is 6.01 Å². The van der Waals surface area contributed by atoms with Crippen LogP contribution in [0.2, 0.25) is 0 Å². The van der Waals surface area contributed by atoms with Crippen LogP contribution in [-0.2, 0) is 16.5 Å². The lowest BCUT2D eigenvalue weighted by molar-refractivity contribution is 0.438. The first-order chi connectivity index (χ1) is 12.1. The van der Waals surface area contributed by atoms with Crippen molar-refractivity contribution >= 4 is 16.8 Å². The zero-order chi connectivity index (χ0) is 17.4. The van der Waals surface area contributed by atoms with Crippen molar-refractivity contribution < 1.29 is 8.95 Å². The molecule has 0 saturated heterocycles. The Kier molecular flexibility index (Phi) is 3.73. The van der Waals surface area contributed by atoms with Gasteiger partial charge < -0.3 is 4.74 Å². The quantitative estimate of drug-likeness (QED) is 0.722. The molecular formula is C18H16N4O2S. The highest BCUT2D eigenvalue weighted by Gasteiger charge is 2.43. The summed E-state index contributed by atoms with van der Waals surface area (Å²) >= 11 is 0. The minimum atomic E-state index is -1.34. The van der Waals surface area contributed by atoms with E-state index in [1.165, 1.54) is 0 Å². The molecule has 126 valence electrons. The molecule has 25 heavy (non-hydrogen) atoms. The van der Waals surface area contributed by atoms with Gasteiger partial charge in [0.2, 0.25) is 0 Å². The number of hydrogen-bond donors (Lipinski definition) is 0. The molecule has 1 aromatic carbocycles. The Morgan fingerprint density at radius 1 is 1.08 bits per heavy atom. The molecule has 6 nitrogen and oxygen atoms in total. The molecule has 0 bridgehead atoms. The lowest BCUT2D eigenvalue weighted by atomic mass is 9.94. The fraction of sp³-hybridized carbons (Fsp3) is 0.167. The Hall–Kier alpha value is -2.80. The number of benzene rings is 1. The monoisotopic (exact) mass is 352 g/mol. The van der Waals surface area contributed by atoms with Crippen LogP contribution >= 0.6 is 0 Å². The first-order valence-corrected chi connectivity index (χ1v) is 8.90. The van der Waals surface area contributed by atoms with Gasteiger partial charge in [0.1, 0.15) is 11.6 Å². The van der Waals surface area contributed by atoms with Crippen molar-refractivity contribution in [3.05, 3.63) is 66.6 Å². The topological polar surface area (TPSA) is 68.2 Å². The fourth-order valence-electron chi connectivity index (χ4n) is 2.92. The second kappa shape index (κ2) is 5.93. The Balaban J connectivity index is 1.71. The van der Waals surface area contributed by atoms with E-state index < -0.39 is 16.5 Å². The minimum absolute atomic E-state index is 0.189. The summed E-state index contributed by atoms with van der Waals surface area (Å²) in [7, 11) is -1.34. The van der Waals surface area contributed by atoms with Gasteiger partial charge in [-0.15, -0.1) is 0 Å². The second-order valence-electron chi connectivity index (χ2n) is 6.09. The van der Waals surface area contributed by atoms with Gasteiger partial charge in [0.15, 0.2) is 11.0 Å². The maximum absolute atomic E-state index is 13.0. The number of anilines is 1. The summed E-state index contributed by atoms with van der Waals surface area (Å²) < 4.78 is 20.4. The molecule has 1 unspecified atom stereocenters. The standard InChI is InChI=1S/C18H16N4O2S/c1-18(2)14-7-3-4-8-15(14)25(23)22(18)16-9-11-20-17(21-16)24-13-6-5-10-19-12-13/h3-12H,1-2H3. The van der Waals surface area contributed by atoms with Crippen molar-refractivity contribution in [1.29, 1.82) is 0 Å². The highest BCUT2D eigenvalue weighted by molar-refractivity contribution is 7.87. The van der Waals surface area contributed by atoms with Gasteiger partial charge in [-0.05, 0) is 37.6 Å². The molecule has 1 aliphatic rings. The number of rotatable bonds is 3. The summed E-state index contributed by atoms with van der Waals surface area (Å²) in [6.45, 7) is 4.06. The van der Waals surface area contributed by atoms with E-state index in [1.54, 1.807) is 41.1 Å². The van der Waals surface area contributed by atoms with Gasteiger partial charge in [-0.3, -0.25) is 9.29 Å². The number of pyridine rings is 1. The van der Waals surface area contributed by atoms with Crippen LogP contribution in [0.1, 0.15) is 19.4 Å². The van der Waals surface area contributed by atoms with Crippen LogP contribution in [0.25, 0.3) is 0 Å². The maximum Gasteiger partial charge on any atom is 0.323 e. The molecule has 0 N–H and O–H groups in total. The van der Waals surface area contributed by atoms with Gasteiger partial charge in [0.25, 0.3) is 0 Å². The lowest BCUT2D eigenvalue weighted by Crippen LogP contribution is -2.37. The molecule has 7 heteroatoms. The van der Waals surface area contributed by atoms with Gasteiger partial charge in [0, 0.05) is 18.5 Å². The summed E-state index contributed by atoms with van der Waals surface area (Å²) in [5.74, 6) is 1.10. The number of ether oxygens (including phenoxy) is 1. The smallest absolute Gasteiger partial charge is 0.323 e. The van der Waals surface area contributed by atoms with Crippen LogP contribution in [0.5, 0.6) is 11.8 Å². The molecule has 0 radical (unpaired) electrons. The van der Waals surface area contributed by atoms with E-state index >= 15 is 0 Å². The third-order valence-corrected chi connectivity index (χ3v) is 5.79. The van der Waals surface area contributed by atoms with Crippen LogP contribution in [0.4, 0.5) is 5.82 Å². The third-order valence-electron chi connectivity index (χ3n) is 4.08. The molecule has 1 aliphatic heterocycles. The first kappa shape index (κ1) is 15.7. The zero-order valence-corrected chi connectivity index (χ0v) is 14.6. The predicted molar refractivity (Wildman–Crippen MR) is 94.7 cm³/mol. The van der Waals surface area contributed by atoms with Crippen molar-refractivity contribution in [2.24, 2.45) is 0 Å². The predicted octanol–water partition coefficient (Wildman–Crippen LogP) is 3.44. The molecule has 1 atom stereocenters. The summed E-state index contributed by atoms with van der Waals surface area (Å²) in [5, 5.41) is 0. The molecular weight excluding hydrogens is 336 g/mol. The molecule has 2 aromatic heterocycles.